The van der Waals surface area contributed by atoms with Crippen molar-refractivity contribution in [2.24, 2.45) is 0 Å². The van der Waals surface area contributed by atoms with Crippen LogP contribution >= 0.6 is 0 Å². The van der Waals surface area contributed by atoms with Gasteiger partial charge in [-0.25, -0.2) is 0 Å². The highest BCUT2D eigenvalue weighted by Gasteiger charge is 2.05. The van der Waals surface area contributed by atoms with Gasteiger partial charge in [0.15, 0.2) is 5.58 Å². The van der Waals surface area contributed by atoms with Crippen LogP contribution in [0.2, 0.25) is 0 Å². The summed E-state index contributed by atoms with van der Waals surface area (Å²) in [6.45, 7) is 2.03. The number of nitrogens with one attached hydrogen (secondary N) is 1. The first-order valence-electron chi connectivity index (χ1n) is 5.50. The molecule has 0 fully saturated rings. The van der Waals surface area contributed by atoms with Gasteiger partial charge >= 0.3 is 0 Å². The van der Waals surface area contributed by atoms with Gasteiger partial charge in [-0.2, -0.15) is 4.98 Å². The number of rotatable bonds is 2. The van der Waals surface area contributed by atoms with Crippen LogP contribution in [0.15, 0.2) is 52.9 Å². The summed E-state index contributed by atoms with van der Waals surface area (Å²) in [6, 6.07) is 16.3. The van der Waals surface area contributed by atoms with Gasteiger partial charge in [0, 0.05) is 5.69 Å². The second kappa shape index (κ2) is 3.94. The molecule has 0 aliphatic heterocycles. The zero-order valence-corrected chi connectivity index (χ0v) is 9.47. The molecule has 0 aliphatic carbocycles. The SMILES string of the molecule is Cc1ccc2nc(Nc3ccccc3)oc2c1. The molecule has 0 saturated carbocycles. The Hall–Kier alpha value is -2.29. The Bertz CT molecular complexity index is 644. The molecule has 3 nitrogen and oxygen atoms in total. The van der Waals surface area contributed by atoms with E-state index >= 15 is 0 Å². The van der Waals surface area contributed by atoms with Crippen LogP contribution in [-0.4, -0.2) is 4.98 Å². The quantitative estimate of drug-likeness (QED) is 0.717. The van der Waals surface area contributed by atoms with E-state index in [4.69, 9.17) is 4.42 Å². The van der Waals surface area contributed by atoms with Gasteiger partial charge < -0.3 is 9.73 Å². The van der Waals surface area contributed by atoms with Crippen molar-refractivity contribution in [2.75, 3.05) is 5.32 Å². The third-order valence-corrected chi connectivity index (χ3v) is 2.57. The number of hydrogen-bond donors (Lipinski definition) is 1. The molecule has 0 saturated heterocycles. The van der Waals surface area contributed by atoms with Crippen LogP contribution in [0.5, 0.6) is 0 Å². The highest BCUT2D eigenvalue weighted by Crippen LogP contribution is 2.22. The fourth-order valence-electron chi connectivity index (χ4n) is 1.73. The van der Waals surface area contributed by atoms with E-state index in [1.54, 1.807) is 0 Å². The average Bonchev–Trinajstić information content (AvgIpc) is 2.71. The van der Waals surface area contributed by atoms with E-state index in [0.717, 1.165) is 16.8 Å². The number of oxazole rings is 1. The highest BCUT2D eigenvalue weighted by atomic mass is 16.4. The summed E-state index contributed by atoms with van der Waals surface area (Å²) in [6.07, 6.45) is 0. The van der Waals surface area contributed by atoms with Gasteiger partial charge in [0.1, 0.15) is 5.52 Å². The van der Waals surface area contributed by atoms with Crippen molar-refractivity contribution in [3.05, 3.63) is 54.1 Å². The molecule has 0 amide bonds. The lowest BCUT2D eigenvalue weighted by Gasteiger charge is -1.98. The monoisotopic (exact) mass is 224 g/mol. The lowest BCUT2D eigenvalue weighted by Crippen LogP contribution is -1.88. The summed E-state index contributed by atoms with van der Waals surface area (Å²) in [7, 11) is 0. The van der Waals surface area contributed by atoms with Crippen molar-refractivity contribution >= 4 is 22.8 Å². The minimum absolute atomic E-state index is 0.525. The number of aryl methyl sites for hydroxylation is 1. The summed E-state index contributed by atoms with van der Waals surface area (Å²) in [5.74, 6) is 0. The summed E-state index contributed by atoms with van der Waals surface area (Å²) in [4.78, 5) is 4.37. The Morgan fingerprint density at radius 3 is 2.71 bits per heavy atom. The van der Waals surface area contributed by atoms with Crippen LogP contribution in [0, 0.1) is 6.92 Å². The van der Waals surface area contributed by atoms with Crippen LogP contribution in [0.1, 0.15) is 5.56 Å². The van der Waals surface area contributed by atoms with Crippen molar-refractivity contribution in [1.29, 1.82) is 0 Å². The first-order valence-corrected chi connectivity index (χ1v) is 5.50. The first kappa shape index (κ1) is 9.90. The van der Waals surface area contributed by atoms with E-state index < -0.39 is 0 Å². The first-order chi connectivity index (χ1) is 8.31. The Morgan fingerprint density at radius 1 is 1.06 bits per heavy atom. The molecule has 0 unspecified atom stereocenters. The minimum atomic E-state index is 0.525. The van der Waals surface area contributed by atoms with E-state index in [2.05, 4.69) is 10.3 Å². The van der Waals surface area contributed by atoms with Gasteiger partial charge in [0.2, 0.25) is 0 Å². The number of benzene rings is 2. The Labute approximate surface area is 99.1 Å². The molecule has 1 heterocycles. The number of fused-ring (bicyclic) bond motifs is 1. The fraction of sp³-hybridized carbons (Fsp3) is 0.0714. The minimum Gasteiger partial charge on any atom is -0.423 e. The molecule has 0 aliphatic rings. The predicted octanol–water partition coefficient (Wildman–Crippen LogP) is 3.88. The molecule has 0 bridgehead atoms. The van der Waals surface area contributed by atoms with Gasteiger partial charge in [-0.05, 0) is 36.8 Å². The second-order valence-electron chi connectivity index (χ2n) is 3.98. The van der Waals surface area contributed by atoms with Gasteiger partial charge in [-0.3, -0.25) is 0 Å². The van der Waals surface area contributed by atoms with Crippen molar-refractivity contribution in [2.45, 2.75) is 6.92 Å². The van der Waals surface area contributed by atoms with Gasteiger partial charge in [-0.1, -0.05) is 24.3 Å². The normalized spacial score (nSPS) is 10.6. The van der Waals surface area contributed by atoms with Crippen molar-refractivity contribution in [1.82, 2.24) is 4.98 Å². The molecular formula is C14H12N2O. The second-order valence-corrected chi connectivity index (χ2v) is 3.98. The number of anilines is 2. The zero-order chi connectivity index (χ0) is 11.7. The molecule has 1 aromatic heterocycles. The number of nitrogens with zero attached hydrogens (tertiary/aromatic N) is 1. The molecular weight excluding hydrogens is 212 g/mol. The Kier molecular flexibility index (Phi) is 2.29. The van der Waals surface area contributed by atoms with Crippen molar-refractivity contribution < 1.29 is 4.42 Å². The molecule has 0 spiro atoms. The summed E-state index contributed by atoms with van der Waals surface area (Å²) >= 11 is 0. The van der Waals surface area contributed by atoms with Gasteiger partial charge in [0.05, 0.1) is 0 Å². The molecule has 0 radical (unpaired) electrons. The summed E-state index contributed by atoms with van der Waals surface area (Å²) < 4.78 is 5.63. The number of hydrogen-bond acceptors (Lipinski definition) is 3. The molecule has 1 N–H and O–H groups in total. The van der Waals surface area contributed by atoms with Crippen molar-refractivity contribution in [3.63, 3.8) is 0 Å². The predicted molar refractivity (Wildman–Crippen MR) is 68.5 cm³/mol. The average molecular weight is 224 g/mol. The largest absolute Gasteiger partial charge is 0.423 e. The number of aromatic nitrogens is 1. The van der Waals surface area contributed by atoms with E-state index in [1.807, 2.05) is 55.5 Å². The molecule has 2 aromatic carbocycles. The van der Waals surface area contributed by atoms with E-state index in [9.17, 15) is 0 Å². The number of para-hydroxylation sites is 1. The Balaban J connectivity index is 1.96. The lowest BCUT2D eigenvalue weighted by molar-refractivity contribution is 0.623. The third kappa shape index (κ3) is 1.99. The summed E-state index contributed by atoms with van der Waals surface area (Å²) in [5.41, 5.74) is 3.81. The van der Waals surface area contributed by atoms with Crippen LogP contribution in [0.3, 0.4) is 0 Å². The molecule has 0 atom stereocenters. The standard InChI is InChI=1S/C14H12N2O/c1-10-7-8-12-13(9-10)17-14(16-12)15-11-5-3-2-4-6-11/h2-9H,1H3,(H,15,16). The van der Waals surface area contributed by atoms with E-state index in [0.29, 0.717) is 6.01 Å². The zero-order valence-electron chi connectivity index (χ0n) is 9.47. The van der Waals surface area contributed by atoms with Crippen molar-refractivity contribution in [3.8, 4) is 0 Å². The maximum Gasteiger partial charge on any atom is 0.300 e. The molecule has 3 heteroatoms. The maximum atomic E-state index is 5.63. The topological polar surface area (TPSA) is 38.1 Å². The smallest absolute Gasteiger partial charge is 0.300 e. The highest BCUT2D eigenvalue weighted by molar-refractivity contribution is 5.76. The molecule has 17 heavy (non-hydrogen) atoms. The molecule has 84 valence electrons. The maximum absolute atomic E-state index is 5.63. The van der Waals surface area contributed by atoms with Crippen LogP contribution in [0.4, 0.5) is 11.7 Å². The van der Waals surface area contributed by atoms with Crippen LogP contribution in [-0.2, 0) is 0 Å². The van der Waals surface area contributed by atoms with Gasteiger partial charge in [-0.15, -0.1) is 0 Å². The Morgan fingerprint density at radius 2 is 1.88 bits per heavy atom. The van der Waals surface area contributed by atoms with Crippen LogP contribution < -0.4 is 5.32 Å². The van der Waals surface area contributed by atoms with E-state index in [-0.39, 0.29) is 0 Å². The fourth-order valence-corrected chi connectivity index (χ4v) is 1.73. The third-order valence-electron chi connectivity index (χ3n) is 2.57. The molecule has 3 rings (SSSR count). The lowest BCUT2D eigenvalue weighted by atomic mass is 10.2. The van der Waals surface area contributed by atoms with Gasteiger partial charge in [0.25, 0.3) is 6.01 Å². The van der Waals surface area contributed by atoms with Crippen LogP contribution in [0.25, 0.3) is 11.1 Å². The summed E-state index contributed by atoms with van der Waals surface area (Å²) in [5, 5.41) is 3.14. The van der Waals surface area contributed by atoms with E-state index in [1.165, 1.54) is 5.56 Å². The molecule has 3 aromatic rings.